The summed E-state index contributed by atoms with van der Waals surface area (Å²) in [6.07, 6.45) is 0.708. The van der Waals surface area contributed by atoms with Gasteiger partial charge in [0.25, 0.3) is 0 Å². The maximum atomic E-state index is 8.97. The van der Waals surface area contributed by atoms with Gasteiger partial charge in [-0.3, -0.25) is 4.90 Å². The Balaban J connectivity index is 1.60. The molecule has 3 rings (SSSR count). The molecule has 0 bridgehead atoms. The van der Waals surface area contributed by atoms with Crippen LogP contribution in [0.1, 0.15) is 31.2 Å². The van der Waals surface area contributed by atoms with E-state index in [4.69, 9.17) is 14.6 Å². The Morgan fingerprint density at radius 1 is 1.12 bits per heavy atom. The summed E-state index contributed by atoms with van der Waals surface area (Å²) in [4.78, 5) is 2.37. The maximum Gasteiger partial charge on any atom is 0.137 e. The van der Waals surface area contributed by atoms with Crippen LogP contribution in [0.25, 0.3) is 0 Å². The Hall–Kier alpha value is -1.88. The van der Waals surface area contributed by atoms with Crippen LogP contribution in [0.5, 0.6) is 5.75 Å². The van der Waals surface area contributed by atoms with Gasteiger partial charge in [0.2, 0.25) is 0 Å². The zero-order chi connectivity index (χ0) is 17.6. The van der Waals surface area contributed by atoms with Gasteiger partial charge >= 0.3 is 0 Å². The van der Waals surface area contributed by atoms with Crippen molar-refractivity contribution >= 4 is 0 Å². The fraction of sp³-hybridized carbons (Fsp3) is 0.429. The molecule has 4 nitrogen and oxygen atoms in total. The normalized spacial score (nSPS) is 21.0. The summed E-state index contributed by atoms with van der Waals surface area (Å²) in [5.74, 6) is 0.838. The molecule has 0 spiro atoms. The molecule has 134 valence electrons. The zero-order valence-electron chi connectivity index (χ0n) is 15.0. The van der Waals surface area contributed by atoms with E-state index in [1.54, 1.807) is 0 Å². The maximum absolute atomic E-state index is 8.97. The van der Waals surface area contributed by atoms with Gasteiger partial charge in [0.1, 0.15) is 24.7 Å². The molecule has 1 unspecified atom stereocenters. The molecule has 1 fully saturated rings. The van der Waals surface area contributed by atoms with Gasteiger partial charge in [0.05, 0.1) is 0 Å². The monoisotopic (exact) mass is 341 g/mol. The van der Waals surface area contributed by atoms with Crippen molar-refractivity contribution in [3.05, 3.63) is 65.7 Å². The first-order chi connectivity index (χ1) is 12.2. The van der Waals surface area contributed by atoms with E-state index >= 15 is 0 Å². The van der Waals surface area contributed by atoms with Crippen LogP contribution in [0.2, 0.25) is 0 Å². The first kappa shape index (κ1) is 17.9. The molecule has 1 saturated heterocycles. The molecule has 1 aliphatic heterocycles. The molecule has 2 aromatic carbocycles. The zero-order valence-corrected chi connectivity index (χ0v) is 15.0. The highest BCUT2D eigenvalue weighted by Crippen LogP contribution is 2.32. The van der Waals surface area contributed by atoms with E-state index in [1.807, 2.05) is 30.3 Å². The van der Waals surface area contributed by atoms with Crippen LogP contribution in [-0.4, -0.2) is 41.9 Å². The third-order valence-corrected chi connectivity index (χ3v) is 4.54. The predicted molar refractivity (Wildman–Crippen MR) is 98.6 cm³/mol. The molecule has 25 heavy (non-hydrogen) atoms. The lowest BCUT2D eigenvalue weighted by Gasteiger charge is -2.26. The molecular weight excluding hydrogens is 314 g/mol. The number of ether oxygens (including phenoxy) is 2. The summed E-state index contributed by atoms with van der Waals surface area (Å²) < 4.78 is 12.2. The third kappa shape index (κ3) is 4.60. The summed E-state index contributed by atoms with van der Waals surface area (Å²) in [6, 6.07) is 18.7. The van der Waals surface area contributed by atoms with Crippen LogP contribution in [0.3, 0.4) is 0 Å². The fourth-order valence-electron chi connectivity index (χ4n) is 3.17. The molecule has 1 N–H and O–H groups in total. The molecule has 1 aliphatic rings. The average Bonchev–Trinajstić information content (AvgIpc) is 3.07. The number of rotatable bonds is 7. The highest BCUT2D eigenvalue weighted by atomic mass is 16.6. The van der Waals surface area contributed by atoms with E-state index in [9.17, 15) is 0 Å². The van der Waals surface area contributed by atoms with Gasteiger partial charge in [-0.25, -0.2) is 0 Å². The number of aliphatic hydroxyl groups excluding tert-OH is 1. The summed E-state index contributed by atoms with van der Waals surface area (Å²) in [5.41, 5.74) is 2.30. The van der Waals surface area contributed by atoms with Gasteiger partial charge in [-0.15, -0.1) is 0 Å². The van der Waals surface area contributed by atoms with Crippen molar-refractivity contribution in [1.29, 1.82) is 0 Å². The molecule has 0 saturated carbocycles. The number of nitrogens with zero attached hydrogens (tertiary/aromatic N) is 1. The molecule has 2 aromatic rings. The minimum Gasteiger partial charge on any atom is -0.491 e. The van der Waals surface area contributed by atoms with Crippen molar-refractivity contribution in [1.82, 2.24) is 4.90 Å². The summed E-state index contributed by atoms with van der Waals surface area (Å²) in [5, 5.41) is 8.97. The van der Waals surface area contributed by atoms with Crippen molar-refractivity contribution in [2.45, 2.75) is 38.6 Å². The minimum atomic E-state index is -0.0123. The van der Waals surface area contributed by atoms with E-state index in [1.165, 1.54) is 5.56 Å². The molecule has 0 radical (unpaired) electrons. The van der Waals surface area contributed by atoms with E-state index in [0.29, 0.717) is 19.1 Å². The largest absolute Gasteiger partial charge is 0.491 e. The van der Waals surface area contributed by atoms with E-state index < -0.39 is 0 Å². The molecule has 0 aromatic heterocycles. The van der Waals surface area contributed by atoms with Crippen molar-refractivity contribution in [3.63, 3.8) is 0 Å². The summed E-state index contributed by atoms with van der Waals surface area (Å²) in [7, 11) is 0. The van der Waals surface area contributed by atoms with E-state index in [0.717, 1.165) is 17.9 Å². The Morgan fingerprint density at radius 2 is 1.84 bits per heavy atom. The molecular formula is C21H27NO3. The Morgan fingerprint density at radius 3 is 2.48 bits per heavy atom. The number of hydrogen-bond donors (Lipinski definition) is 1. The molecule has 2 atom stereocenters. The van der Waals surface area contributed by atoms with Gasteiger partial charge in [-0.1, -0.05) is 42.5 Å². The highest BCUT2D eigenvalue weighted by molar-refractivity contribution is 5.27. The lowest BCUT2D eigenvalue weighted by molar-refractivity contribution is -0.0234. The molecule has 0 amide bonds. The Bertz CT molecular complexity index is 642. The third-order valence-electron chi connectivity index (χ3n) is 4.54. The minimum absolute atomic E-state index is 0.0123. The van der Waals surface area contributed by atoms with Gasteiger partial charge in [-0.2, -0.15) is 0 Å². The first-order valence-corrected chi connectivity index (χ1v) is 8.96. The Labute approximate surface area is 150 Å². The van der Waals surface area contributed by atoms with Crippen LogP contribution < -0.4 is 4.74 Å². The average molecular weight is 341 g/mol. The number of benzene rings is 2. The van der Waals surface area contributed by atoms with Crippen molar-refractivity contribution in [2.75, 3.05) is 19.8 Å². The van der Waals surface area contributed by atoms with Gasteiger partial charge in [0.15, 0.2) is 0 Å². The second-order valence-electron chi connectivity index (χ2n) is 6.74. The van der Waals surface area contributed by atoms with Crippen LogP contribution >= 0.6 is 0 Å². The van der Waals surface area contributed by atoms with Crippen LogP contribution in [-0.2, 0) is 11.2 Å². The van der Waals surface area contributed by atoms with Crippen LogP contribution in [0.15, 0.2) is 54.6 Å². The first-order valence-electron chi connectivity index (χ1n) is 8.96. The smallest absolute Gasteiger partial charge is 0.137 e. The van der Waals surface area contributed by atoms with Gasteiger partial charge in [0, 0.05) is 19.2 Å². The van der Waals surface area contributed by atoms with Gasteiger partial charge < -0.3 is 14.6 Å². The summed E-state index contributed by atoms with van der Waals surface area (Å²) >= 11 is 0. The lowest BCUT2D eigenvalue weighted by Crippen LogP contribution is -2.32. The van der Waals surface area contributed by atoms with E-state index in [2.05, 4.69) is 43.0 Å². The number of aliphatic hydroxyl groups is 1. The predicted octanol–water partition coefficient (Wildman–Crippen LogP) is 3.41. The second-order valence-corrected chi connectivity index (χ2v) is 6.74. The topological polar surface area (TPSA) is 41.9 Å². The van der Waals surface area contributed by atoms with Crippen LogP contribution in [0.4, 0.5) is 0 Å². The number of hydrogen-bond acceptors (Lipinski definition) is 4. The molecule has 4 heteroatoms. The summed E-state index contributed by atoms with van der Waals surface area (Å²) in [6.45, 7) is 5.96. The standard InChI is InChI=1S/C21H27NO3/c1-16(2)22-14-20(25-21(22)18-6-4-3-5-7-18)15-24-19-10-8-17(9-11-19)12-13-23/h3-11,16,20-21,23H,12-15H2,1-2H3/t20-,21?/m0/s1. The SMILES string of the molecule is CC(C)N1C[C@@H](COc2ccc(CCO)cc2)OC1c1ccccc1. The Kier molecular flexibility index (Phi) is 6.08. The molecule has 0 aliphatic carbocycles. The highest BCUT2D eigenvalue weighted by Gasteiger charge is 2.35. The fourth-order valence-corrected chi connectivity index (χ4v) is 3.17. The molecule has 1 heterocycles. The van der Waals surface area contributed by atoms with E-state index in [-0.39, 0.29) is 18.9 Å². The van der Waals surface area contributed by atoms with Crippen molar-refractivity contribution < 1.29 is 14.6 Å². The van der Waals surface area contributed by atoms with Crippen molar-refractivity contribution in [3.8, 4) is 5.75 Å². The van der Waals surface area contributed by atoms with Crippen LogP contribution in [0, 0.1) is 0 Å². The van der Waals surface area contributed by atoms with Crippen molar-refractivity contribution in [2.24, 2.45) is 0 Å². The van der Waals surface area contributed by atoms with Gasteiger partial charge in [-0.05, 0) is 43.5 Å². The second kappa shape index (κ2) is 8.48. The lowest BCUT2D eigenvalue weighted by atomic mass is 10.1. The quantitative estimate of drug-likeness (QED) is 0.838.